The minimum absolute atomic E-state index is 0.00402. The predicted molar refractivity (Wildman–Crippen MR) is 104 cm³/mol. The highest BCUT2D eigenvalue weighted by atomic mass is 16.5. The molecular formula is C22H26N2O3. The second-order valence-corrected chi connectivity index (χ2v) is 7.32. The summed E-state index contributed by atoms with van der Waals surface area (Å²) in [5.41, 5.74) is 9.13. The van der Waals surface area contributed by atoms with Crippen molar-refractivity contribution < 1.29 is 14.3 Å². The molecule has 5 nitrogen and oxygen atoms in total. The Bertz CT molecular complexity index is 804. The van der Waals surface area contributed by atoms with Crippen molar-refractivity contribution >= 4 is 11.9 Å². The van der Waals surface area contributed by atoms with Crippen LogP contribution in [0.25, 0.3) is 0 Å². The van der Waals surface area contributed by atoms with E-state index in [0.717, 1.165) is 16.7 Å². The molecule has 142 valence electrons. The van der Waals surface area contributed by atoms with Gasteiger partial charge in [0.2, 0.25) is 5.91 Å². The molecule has 0 aromatic heterocycles. The van der Waals surface area contributed by atoms with Crippen molar-refractivity contribution in [3.63, 3.8) is 0 Å². The fourth-order valence-electron chi connectivity index (χ4n) is 3.27. The van der Waals surface area contributed by atoms with E-state index in [0.29, 0.717) is 13.0 Å². The summed E-state index contributed by atoms with van der Waals surface area (Å²) in [6.07, 6.45) is 0.445. The normalized spacial score (nSPS) is 17.3. The molecule has 0 fully saturated rings. The van der Waals surface area contributed by atoms with Crippen molar-refractivity contribution in [2.75, 3.05) is 0 Å². The van der Waals surface area contributed by atoms with Crippen molar-refractivity contribution in [1.29, 1.82) is 0 Å². The van der Waals surface area contributed by atoms with Gasteiger partial charge < -0.3 is 15.4 Å². The zero-order valence-corrected chi connectivity index (χ0v) is 15.8. The molecule has 2 N–H and O–H groups in total. The lowest BCUT2D eigenvalue weighted by Gasteiger charge is -2.37. The highest BCUT2D eigenvalue weighted by Crippen LogP contribution is 2.25. The van der Waals surface area contributed by atoms with E-state index in [1.807, 2.05) is 68.4 Å². The SMILES string of the molecule is CC(C)C(N)C(=O)N1Cc2ccccc2CC1C(=O)OCc1ccccc1. The standard InChI is InChI=1S/C22H26N2O3/c1-15(2)20(23)21(25)24-13-18-11-7-6-10-17(18)12-19(24)22(26)27-14-16-8-4-3-5-9-16/h3-11,15,19-20H,12-14,23H2,1-2H3. The van der Waals surface area contributed by atoms with E-state index in [1.54, 1.807) is 4.90 Å². The summed E-state index contributed by atoms with van der Waals surface area (Å²) in [7, 11) is 0. The van der Waals surface area contributed by atoms with Gasteiger partial charge in [-0.3, -0.25) is 4.79 Å². The van der Waals surface area contributed by atoms with Gasteiger partial charge >= 0.3 is 5.97 Å². The van der Waals surface area contributed by atoms with Crippen LogP contribution in [-0.2, 0) is 33.9 Å². The number of ether oxygens (including phenoxy) is 1. The third-order valence-electron chi connectivity index (χ3n) is 5.03. The third kappa shape index (κ3) is 4.37. The van der Waals surface area contributed by atoms with E-state index >= 15 is 0 Å². The number of carbonyl (C=O) groups is 2. The quantitative estimate of drug-likeness (QED) is 0.826. The fourth-order valence-corrected chi connectivity index (χ4v) is 3.27. The molecule has 27 heavy (non-hydrogen) atoms. The molecule has 0 aliphatic carbocycles. The van der Waals surface area contributed by atoms with Crippen LogP contribution >= 0.6 is 0 Å². The fraction of sp³-hybridized carbons (Fsp3) is 0.364. The third-order valence-corrected chi connectivity index (χ3v) is 5.03. The van der Waals surface area contributed by atoms with E-state index < -0.39 is 18.1 Å². The molecular weight excluding hydrogens is 340 g/mol. The smallest absolute Gasteiger partial charge is 0.329 e. The Hall–Kier alpha value is -2.66. The Morgan fingerprint density at radius 3 is 2.37 bits per heavy atom. The molecule has 0 bridgehead atoms. The summed E-state index contributed by atoms with van der Waals surface area (Å²) in [6, 6.07) is 16.1. The highest BCUT2D eigenvalue weighted by Gasteiger charge is 2.38. The number of esters is 1. The van der Waals surface area contributed by atoms with Gasteiger partial charge in [0, 0.05) is 13.0 Å². The largest absolute Gasteiger partial charge is 0.459 e. The Balaban J connectivity index is 1.80. The predicted octanol–water partition coefficient (Wildman–Crippen LogP) is 2.67. The minimum atomic E-state index is -0.652. The van der Waals surface area contributed by atoms with Gasteiger partial charge in [0.15, 0.2) is 0 Å². The average molecular weight is 366 g/mol. The zero-order valence-electron chi connectivity index (χ0n) is 15.8. The molecule has 0 spiro atoms. The summed E-state index contributed by atoms with van der Waals surface area (Å²) >= 11 is 0. The molecule has 2 aromatic carbocycles. The van der Waals surface area contributed by atoms with Crippen LogP contribution in [0, 0.1) is 5.92 Å². The lowest BCUT2D eigenvalue weighted by atomic mass is 9.92. The van der Waals surface area contributed by atoms with Crippen LogP contribution in [0.3, 0.4) is 0 Å². The van der Waals surface area contributed by atoms with Crippen molar-refractivity contribution in [2.45, 2.75) is 45.5 Å². The molecule has 1 amide bonds. The first-order valence-corrected chi connectivity index (χ1v) is 9.30. The van der Waals surface area contributed by atoms with Gasteiger partial charge in [0.25, 0.3) is 0 Å². The summed E-state index contributed by atoms with van der Waals surface area (Å²) in [6.45, 7) is 4.38. The Morgan fingerprint density at radius 2 is 1.70 bits per heavy atom. The molecule has 5 heteroatoms. The molecule has 1 aliphatic rings. The van der Waals surface area contributed by atoms with Gasteiger partial charge in [-0.25, -0.2) is 4.79 Å². The highest BCUT2D eigenvalue weighted by molar-refractivity contribution is 5.88. The maximum atomic E-state index is 12.9. The molecule has 0 saturated carbocycles. The van der Waals surface area contributed by atoms with E-state index in [4.69, 9.17) is 10.5 Å². The van der Waals surface area contributed by atoms with E-state index in [9.17, 15) is 9.59 Å². The monoisotopic (exact) mass is 366 g/mol. The first-order valence-electron chi connectivity index (χ1n) is 9.30. The van der Waals surface area contributed by atoms with E-state index in [2.05, 4.69) is 0 Å². The minimum Gasteiger partial charge on any atom is -0.459 e. The number of nitrogens with zero attached hydrogens (tertiary/aromatic N) is 1. The molecule has 0 saturated heterocycles. The van der Waals surface area contributed by atoms with Crippen molar-refractivity contribution in [3.05, 3.63) is 71.3 Å². The first kappa shape index (κ1) is 19.1. The van der Waals surface area contributed by atoms with E-state index in [1.165, 1.54) is 0 Å². The van der Waals surface area contributed by atoms with Crippen LogP contribution in [0.2, 0.25) is 0 Å². The number of carbonyl (C=O) groups excluding carboxylic acids is 2. The van der Waals surface area contributed by atoms with Crippen LogP contribution in [0.15, 0.2) is 54.6 Å². The Morgan fingerprint density at radius 1 is 1.07 bits per heavy atom. The lowest BCUT2D eigenvalue weighted by molar-refractivity contribution is -0.158. The molecule has 1 aliphatic heterocycles. The number of rotatable bonds is 5. The maximum absolute atomic E-state index is 12.9. The molecule has 0 radical (unpaired) electrons. The van der Waals surface area contributed by atoms with Gasteiger partial charge in [0.05, 0.1) is 6.04 Å². The van der Waals surface area contributed by atoms with Crippen molar-refractivity contribution in [2.24, 2.45) is 11.7 Å². The lowest BCUT2D eigenvalue weighted by Crippen LogP contribution is -2.55. The van der Waals surface area contributed by atoms with Crippen LogP contribution in [0.4, 0.5) is 0 Å². The number of amides is 1. The number of hydrogen-bond acceptors (Lipinski definition) is 4. The number of hydrogen-bond donors (Lipinski definition) is 1. The van der Waals surface area contributed by atoms with Gasteiger partial charge in [0.1, 0.15) is 12.6 Å². The van der Waals surface area contributed by atoms with Gasteiger partial charge in [-0.1, -0.05) is 68.4 Å². The summed E-state index contributed by atoms with van der Waals surface area (Å²) in [4.78, 5) is 27.3. The molecule has 2 aromatic rings. The number of nitrogens with two attached hydrogens (primary N) is 1. The number of fused-ring (bicyclic) bond motifs is 1. The topological polar surface area (TPSA) is 72.6 Å². The van der Waals surface area contributed by atoms with Gasteiger partial charge in [-0.05, 0) is 22.6 Å². The Kier molecular flexibility index (Phi) is 5.91. The van der Waals surface area contributed by atoms with Crippen molar-refractivity contribution in [3.8, 4) is 0 Å². The van der Waals surface area contributed by atoms with Crippen LogP contribution in [-0.4, -0.2) is 28.9 Å². The summed E-state index contributed by atoms with van der Waals surface area (Å²) in [5, 5.41) is 0. The first-order chi connectivity index (χ1) is 13.0. The Labute approximate surface area is 160 Å². The number of benzene rings is 2. The zero-order chi connectivity index (χ0) is 19.4. The van der Waals surface area contributed by atoms with E-state index in [-0.39, 0.29) is 18.4 Å². The van der Waals surface area contributed by atoms with Crippen LogP contribution in [0.1, 0.15) is 30.5 Å². The second-order valence-electron chi connectivity index (χ2n) is 7.32. The van der Waals surface area contributed by atoms with Gasteiger partial charge in [-0.2, -0.15) is 0 Å². The van der Waals surface area contributed by atoms with Crippen LogP contribution < -0.4 is 5.73 Å². The molecule has 2 atom stereocenters. The van der Waals surface area contributed by atoms with Gasteiger partial charge in [-0.15, -0.1) is 0 Å². The molecule has 2 unspecified atom stereocenters. The average Bonchev–Trinajstić information content (AvgIpc) is 2.70. The maximum Gasteiger partial charge on any atom is 0.329 e. The summed E-state index contributed by atoms with van der Waals surface area (Å²) < 4.78 is 5.53. The van der Waals surface area contributed by atoms with Crippen molar-refractivity contribution in [1.82, 2.24) is 4.90 Å². The molecule has 3 rings (SSSR count). The second kappa shape index (κ2) is 8.35. The summed E-state index contributed by atoms with van der Waals surface area (Å²) in [5.74, 6) is -0.602. The molecule has 1 heterocycles. The van der Waals surface area contributed by atoms with Crippen LogP contribution in [0.5, 0.6) is 0 Å².